The molecule has 4 atom stereocenters. The molecule has 0 spiro atoms. The van der Waals surface area contributed by atoms with Crippen molar-refractivity contribution < 1.29 is 23.5 Å². The Balaban J connectivity index is 1.32. The van der Waals surface area contributed by atoms with E-state index in [9.17, 15) is 14.9 Å². The first kappa shape index (κ1) is 26.5. The highest BCUT2D eigenvalue weighted by atomic mass is 19.1. The Morgan fingerprint density at radius 3 is 2.72 bits per heavy atom. The number of likely N-dealkylation sites (tertiary alicyclic amines) is 1. The summed E-state index contributed by atoms with van der Waals surface area (Å²) in [6.07, 6.45) is 2.69. The van der Waals surface area contributed by atoms with E-state index in [0.29, 0.717) is 23.3 Å². The van der Waals surface area contributed by atoms with Crippen LogP contribution in [-0.4, -0.2) is 40.6 Å². The number of benzene rings is 2. The first-order valence-electron chi connectivity index (χ1n) is 13.3. The summed E-state index contributed by atoms with van der Waals surface area (Å²) in [5, 5.41) is 21.7. The van der Waals surface area contributed by atoms with Crippen molar-refractivity contribution in [2.45, 2.75) is 83.2 Å². The minimum absolute atomic E-state index is 0.0570. The van der Waals surface area contributed by atoms with Crippen molar-refractivity contribution in [2.75, 3.05) is 0 Å². The van der Waals surface area contributed by atoms with Gasteiger partial charge in [-0.25, -0.2) is 9.18 Å². The van der Waals surface area contributed by atoms with Gasteiger partial charge < -0.3 is 14.8 Å². The van der Waals surface area contributed by atoms with Crippen LogP contribution in [0.25, 0.3) is 11.1 Å². The summed E-state index contributed by atoms with van der Waals surface area (Å²) in [4.78, 5) is 28.0. The average molecular weight is 531 g/mol. The molecule has 39 heavy (non-hydrogen) atoms. The summed E-state index contributed by atoms with van der Waals surface area (Å²) in [5.41, 5.74) is 2.21. The molecule has 1 aliphatic carbocycles. The van der Waals surface area contributed by atoms with Crippen molar-refractivity contribution >= 4 is 12.0 Å². The molecule has 2 aliphatic heterocycles. The van der Waals surface area contributed by atoms with E-state index < -0.39 is 35.5 Å². The highest BCUT2D eigenvalue weighted by Gasteiger charge is 2.50. The molecular weight excluding hydrogens is 499 g/mol. The van der Waals surface area contributed by atoms with Gasteiger partial charge in [-0.1, -0.05) is 12.5 Å². The highest BCUT2D eigenvalue weighted by Crippen LogP contribution is 2.42. The van der Waals surface area contributed by atoms with E-state index in [0.717, 1.165) is 30.4 Å². The van der Waals surface area contributed by atoms with Gasteiger partial charge in [0.2, 0.25) is 5.91 Å². The first-order chi connectivity index (χ1) is 18.6. The number of fused-ring (bicyclic) bond motifs is 4. The summed E-state index contributed by atoms with van der Waals surface area (Å²) in [6, 6.07) is 10.5. The van der Waals surface area contributed by atoms with Crippen LogP contribution in [0.2, 0.25) is 0 Å². The van der Waals surface area contributed by atoms with Crippen LogP contribution in [0.15, 0.2) is 30.3 Å². The van der Waals surface area contributed by atoms with Gasteiger partial charge >= 0.3 is 6.09 Å². The van der Waals surface area contributed by atoms with Crippen LogP contribution in [0.5, 0.6) is 5.75 Å². The SMILES string of the molecule is CC(C)(C)OC(=O)N1[C@H](C(=O)NC(C#N)Cc2cc3c(cc2F)-c2ccc(C#N)cc2CO3)C[C@@H]2CCC[C@@H]21. The molecule has 3 aliphatic rings. The summed E-state index contributed by atoms with van der Waals surface area (Å²) in [7, 11) is 0. The van der Waals surface area contributed by atoms with Gasteiger partial charge in [0.05, 0.1) is 17.7 Å². The van der Waals surface area contributed by atoms with Gasteiger partial charge in [-0.3, -0.25) is 9.69 Å². The molecule has 1 saturated carbocycles. The Bertz CT molecular complexity index is 1400. The number of ether oxygens (including phenoxy) is 2. The first-order valence-corrected chi connectivity index (χ1v) is 13.3. The standard InChI is InChI=1S/C30H31FN4O4/c1-30(2,3)39-29(37)35-25-6-4-5-18(25)11-26(35)28(36)34-21(15-33)10-19-12-27-23(13-24(19)31)22-8-7-17(14-32)9-20(22)16-38-27/h7-9,12-13,18,21,25-26H,4-6,10-11,16H2,1-3H3,(H,34,36)/t18-,21?,25-,26-/m0/s1. The molecule has 2 heterocycles. The van der Waals surface area contributed by atoms with E-state index in [-0.39, 0.29) is 30.6 Å². The van der Waals surface area contributed by atoms with E-state index in [4.69, 9.17) is 14.7 Å². The zero-order chi connectivity index (χ0) is 27.9. The van der Waals surface area contributed by atoms with Crippen molar-refractivity contribution in [1.29, 1.82) is 10.5 Å². The maximum atomic E-state index is 15.2. The Labute approximate surface area is 227 Å². The monoisotopic (exact) mass is 530 g/mol. The molecule has 1 N–H and O–H groups in total. The van der Waals surface area contributed by atoms with Crippen molar-refractivity contribution in [3.8, 4) is 29.0 Å². The van der Waals surface area contributed by atoms with E-state index >= 15 is 4.39 Å². The number of hydrogen-bond acceptors (Lipinski definition) is 6. The third-order valence-electron chi connectivity index (χ3n) is 7.70. The number of halogens is 1. The molecule has 1 unspecified atom stereocenters. The number of amides is 2. The predicted molar refractivity (Wildman–Crippen MR) is 140 cm³/mol. The highest BCUT2D eigenvalue weighted by molar-refractivity contribution is 5.87. The zero-order valence-electron chi connectivity index (χ0n) is 22.3. The van der Waals surface area contributed by atoms with Gasteiger partial charge in [-0.15, -0.1) is 0 Å². The quantitative estimate of drug-likeness (QED) is 0.596. The maximum Gasteiger partial charge on any atom is 0.411 e. The van der Waals surface area contributed by atoms with Crippen LogP contribution in [-0.2, 0) is 22.6 Å². The second-order valence-electron chi connectivity index (χ2n) is 11.5. The summed E-state index contributed by atoms with van der Waals surface area (Å²) < 4.78 is 26.7. The van der Waals surface area contributed by atoms with Gasteiger partial charge in [0.25, 0.3) is 0 Å². The fourth-order valence-corrected chi connectivity index (χ4v) is 6.00. The second-order valence-corrected chi connectivity index (χ2v) is 11.5. The molecule has 2 aromatic carbocycles. The van der Waals surface area contributed by atoms with Crippen LogP contribution in [0.1, 0.15) is 63.1 Å². The molecule has 5 rings (SSSR count). The van der Waals surface area contributed by atoms with Gasteiger partial charge in [0.1, 0.15) is 35.9 Å². The Kier molecular flexibility index (Phi) is 6.94. The normalized spacial score (nSPS) is 21.9. The van der Waals surface area contributed by atoms with Gasteiger partial charge in [-0.2, -0.15) is 10.5 Å². The molecule has 2 amide bonds. The van der Waals surface area contributed by atoms with Crippen molar-refractivity contribution in [3.63, 3.8) is 0 Å². The third kappa shape index (κ3) is 5.27. The van der Waals surface area contributed by atoms with Crippen LogP contribution in [0.4, 0.5) is 9.18 Å². The number of nitrogens with one attached hydrogen (secondary N) is 1. The van der Waals surface area contributed by atoms with Crippen molar-refractivity contribution in [1.82, 2.24) is 10.2 Å². The lowest BCUT2D eigenvalue weighted by molar-refractivity contribution is -0.126. The molecular formula is C30H31FN4O4. The third-order valence-corrected chi connectivity index (χ3v) is 7.70. The van der Waals surface area contributed by atoms with Gasteiger partial charge in [0, 0.05) is 18.0 Å². The number of hydrogen-bond donors (Lipinski definition) is 1. The molecule has 2 fully saturated rings. The van der Waals surface area contributed by atoms with Crippen molar-refractivity contribution in [2.24, 2.45) is 5.92 Å². The van der Waals surface area contributed by atoms with Crippen molar-refractivity contribution in [3.05, 3.63) is 52.8 Å². The lowest BCUT2D eigenvalue weighted by atomic mass is 9.93. The molecule has 1 saturated heterocycles. The van der Waals surface area contributed by atoms with Crippen LogP contribution in [0, 0.1) is 34.4 Å². The zero-order valence-corrected chi connectivity index (χ0v) is 22.3. The van der Waals surface area contributed by atoms with Gasteiger partial charge in [0.15, 0.2) is 0 Å². The largest absolute Gasteiger partial charge is 0.488 e. The molecule has 0 bridgehead atoms. The van der Waals surface area contributed by atoms with Crippen LogP contribution in [0.3, 0.4) is 0 Å². The molecule has 2 aromatic rings. The molecule has 8 nitrogen and oxygen atoms in total. The minimum Gasteiger partial charge on any atom is -0.488 e. The summed E-state index contributed by atoms with van der Waals surface area (Å²) in [6.45, 7) is 5.60. The Morgan fingerprint density at radius 1 is 1.21 bits per heavy atom. The van der Waals surface area contributed by atoms with Crippen LogP contribution >= 0.6 is 0 Å². The van der Waals surface area contributed by atoms with Crippen LogP contribution < -0.4 is 10.1 Å². The molecule has 0 aromatic heterocycles. The topological polar surface area (TPSA) is 115 Å². The fraction of sp³-hybridized carbons (Fsp3) is 0.467. The number of nitrogens with zero attached hydrogens (tertiary/aromatic N) is 3. The average Bonchev–Trinajstić information content (AvgIpc) is 3.48. The van der Waals surface area contributed by atoms with E-state index in [2.05, 4.69) is 17.5 Å². The van der Waals surface area contributed by atoms with E-state index in [1.807, 2.05) is 0 Å². The second kappa shape index (κ2) is 10.2. The number of nitriles is 2. The van der Waals surface area contributed by atoms with Gasteiger partial charge in [-0.05, 0) is 86.9 Å². The van der Waals surface area contributed by atoms with E-state index in [1.54, 1.807) is 49.9 Å². The fourth-order valence-electron chi connectivity index (χ4n) is 6.00. The maximum absolute atomic E-state index is 15.2. The summed E-state index contributed by atoms with van der Waals surface area (Å²) >= 11 is 0. The number of carbonyl (C=O) groups excluding carboxylic acids is 2. The smallest absolute Gasteiger partial charge is 0.411 e. The predicted octanol–water partition coefficient (Wildman–Crippen LogP) is 4.99. The van der Waals surface area contributed by atoms with E-state index in [1.165, 1.54) is 6.07 Å². The minimum atomic E-state index is -1.000. The molecule has 0 radical (unpaired) electrons. The Morgan fingerprint density at radius 2 is 2.00 bits per heavy atom. The summed E-state index contributed by atoms with van der Waals surface area (Å²) in [5.74, 6) is -0.254. The number of rotatable bonds is 4. The lowest BCUT2D eigenvalue weighted by Gasteiger charge is -2.32. The Hall–Kier alpha value is -4.11. The molecule has 9 heteroatoms. The number of carbonyl (C=O) groups is 2. The molecule has 202 valence electrons. The lowest BCUT2D eigenvalue weighted by Crippen LogP contribution is -2.52.